The molecule has 1 unspecified atom stereocenters. The highest BCUT2D eigenvalue weighted by Crippen LogP contribution is 2.40. The summed E-state index contributed by atoms with van der Waals surface area (Å²) in [6.45, 7) is -0.887. The Morgan fingerprint density at radius 2 is 1.69 bits per heavy atom. The molecule has 254 valence electrons. The number of alkyl halides is 3. The fourth-order valence-electron chi connectivity index (χ4n) is 5.44. The molecule has 0 aromatic heterocycles. The first-order valence-electron chi connectivity index (χ1n) is 14.2. The van der Waals surface area contributed by atoms with Gasteiger partial charge in [0.2, 0.25) is 0 Å². The minimum Gasteiger partial charge on any atom is -0.494 e. The number of amides is 5. The van der Waals surface area contributed by atoms with Gasteiger partial charge in [-0.25, -0.2) is 34.2 Å². The van der Waals surface area contributed by atoms with E-state index in [1.54, 1.807) is 31.1 Å². The number of imide groups is 1. The molecule has 5 amide bonds. The Morgan fingerprint density at radius 1 is 1.00 bits per heavy atom. The monoisotopic (exact) mass is 675 g/mol. The summed E-state index contributed by atoms with van der Waals surface area (Å²) in [5.74, 6) is -3.56. The molecule has 0 bridgehead atoms. The molecule has 2 aliphatic rings. The van der Waals surface area contributed by atoms with E-state index in [1.165, 1.54) is 43.5 Å². The van der Waals surface area contributed by atoms with Crippen molar-refractivity contribution in [2.24, 2.45) is 0 Å². The molecule has 3 aromatic rings. The summed E-state index contributed by atoms with van der Waals surface area (Å²) in [5.41, 5.74) is 3.36. The largest absolute Gasteiger partial charge is 0.494 e. The fourth-order valence-corrected chi connectivity index (χ4v) is 5.44. The summed E-state index contributed by atoms with van der Waals surface area (Å²) in [6.07, 6.45) is -6.39. The van der Waals surface area contributed by atoms with E-state index in [2.05, 4.69) is 21.1 Å². The maximum absolute atomic E-state index is 15.6. The van der Waals surface area contributed by atoms with E-state index in [9.17, 15) is 27.6 Å². The van der Waals surface area contributed by atoms with Gasteiger partial charge in [-0.1, -0.05) is 12.1 Å². The Morgan fingerprint density at radius 3 is 2.31 bits per heavy atom. The first-order valence-corrected chi connectivity index (χ1v) is 14.2. The average Bonchev–Trinajstić information content (AvgIpc) is 3.39. The number of halogens is 5. The summed E-state index contributed by atoms with van der Waals surface area (Å²) in [4.78, 5) is 47.9. The number of likely N-dealkylation sites (N-methyl/N-ethyl adjacent to an activating group) is 1. The van der Waals surface area contributed by atoms with Crippen molar-refractivity contribution in [2.75, 3.05) is 50.1 Å². The van der Waals surface area contributed by atoms with Gasteiger partial charge >= 0.3 is 18.2 Å². The third-order valence-electron chi connectivity index (χ3n) is 7.49. The van der Waals surface area contributed by atoms with Crippen LogP contribution in [0.4, 0.5) is 48.6 Å². The molecule has 48 heavy (non-hydrogen) atoms. The van der Waals surface area contributed by atoms with Crippen LogP contribution in [0.5, 0.6) is 5.75 Å². The number of urea groups is 2. The van der Waals surface area contributed by atoms with Crippen LogP contribution in [0.3, 0.4) is 0 Å². The number of hydrogen-bond acceptors (Lipinski definition) is 8. The van der Waals surface area contributed by atoms with E-state index < -0.39 is 65.3 Å². The Bertz CT molecular complexity index is 1770. The third kappa shape index (κ3) is 6.47. The zero-order valence-corrected chi connectivity index (χ0v) is 26.0. The standard InChI is InChI=1S/C31H30F5N7O5/c1-40(2)16-23-25-27(38-43(23)18-13-11-17(12-14-18)37-29(45)39-48-4)41(15-19-20(31(34,35)36)7-5-8-21(19)32)30(46)42(28(25)44)22-9-6-10-24(47-3)26(22)33/h5-14,27,38H,15-16H2,1-4H3,(H2,37,39,45). The summed E-state index contributed by atoms with van der Waals surface area (Å²) in [5, 5.41) is 3.99. The number of fused-ring (bicyclic) bond motifs is 1. The van der Waals surface area contributed by atoms with Crippen LogP contribution >= 0.6 is 0 Å². The summed E-state index contributed by atoms with van der Waals surface area (Å²) >= 11 is 0. The molecule has 0 radical (unpaired) electrons. The Labute approximate surface area is 271 Å². The predicted molar refractivity (Wildman–Crippen MR) is 163 cm³/mol. The summed E-state index contributed by atoms with van der Waals surface area (Å²) in [6, 6.07) is 10.5. The highest BCUT2D eigenvalue weighted by molar-refractivity contribution is 6.24. The molecule has 0 aliphatic carbocycles. The molecule has 2 heterocycles. The molecule has 1 atom stereocenters. The maximum atomic E-state index is 15.6. The van der Waals surface area contributed by atoms with Crippen LogP contribution in [-0.4, -0.2) is 68.8 Å². The first-order chi connectivity index (χ1) is 22.8. The van der Waals surface area contributed by atoms with Gasteiger partial charge in [0.25, 0.3) is 5.91 Å². The number of hydrazine groups is 1. The second kappa shape index (κ2) is 13.5. The van der Waals surface area contributed by atoms with Crippen molar-refractivity contribution < 1.29 is 45.9 Å². The number of rotatable bonds is 9. The number of benzene rings is 3. The van der Waals surface area contributed by atoms with Crippen molar-refractivity contribution in [1.29, 1.82) is 0 Å². The van der Waals surface area contributed by atoms with Crippen molar-refractivity contribution in [3.8, 4) is 5.75 Å². The number of carbonyl (C=O) groups is 3. The maximum Gasteiger partial charge on any atom is 0.416 e. The number of ether oxygens (including phenoxy) is 1. The number of nitrogens with zero attached hydrogens (tertiary/aromatic N) is 4. The lowest BCUT2D eigenvalue weighted by atomic mass is 10.0. The third-order valence-corrected chi connectivity index (χ3v) is 7.49. The molecule has 1 saturated heterocycles. The van der Waals surface area contributed by atoms with Gasteiger partial charge in [0.15, 0.2) is 11.6 Å². The van der Waals surface area contributed by atoms with Gasteiger partial charge < -0.3 is 15.0 Å². The van der Waals surface area contributed by atoms with Gasteiger partial charge in [-0.2, -0.15) is 13.2 Å². The van der Waals surface area contributed by atoms with Gasteiger partial charge in [-0.15, -0.1) is 0 Å². The van der Waals surface area contributed by atoms with Gasteiger partial charge in [0, 0.05) is 17.8 Å². The van der Waals surface area contributed by atoms with E-state index in [0.29, 0.717) is 22.3 Å². The number of nitrogens with one attached hydrogen (secondary N) is 3. The number of methoxy groups -OCH3 is 1. The zero-order chi connectivity index (χ0) is 34.9. The van der Waals surface area contributed by atoms with E-state index >= 15 is 8.78 Å². The molecule has 12 nitrogen and oxygen atoms in total. The number of anilines is 3. The Hall–Kier alpha value is -5.26. The lowest BCUT2D eigenvalue weighted by molar-refractivity contribution is -0.138. The predicted octanol–water partition coefficient (Wildman–Crippen LogP) is 4.81. The van der Waals surface area contributed by atoms with Crippen molar-refractivity contribution in [3.63, 3.8) is 0 Å². The van der Waals surface area contributed by atoms with Crippen LogP contribution in [-0.2, 0) is 22.4 Å². The Balaban J connectivity index is 1.67. The average molecular weight is 676 g/mol. The zero-order valence-electron chi connectivity index (χ0n) is 26.0. The first kappa shape index (κ1) is 34.1. The molecule has 3 aromatic carbocycles. The van der Waals surface area contributed by atoms with Gasteiger partial charge in [-0.3, -0.25) is 19.5 Å². The number of hydrogen-bond donors (Lipinski definition) is 3. The number of hydroxylamine groups is 1. The van der Waals surface area contributed by atoms with Gasteiger partial charge in [0.05, 0.1) is 49.0 Å². The second-order valence-electron chi connectivity index (χ2n) is 10.9. The van der Waals surface area contributed by atoms with E-state index in [1.807, 2.05) is 0 Å². The van der Waals surface area contributed by atoms with Crippen LogP contribution in [0.2, 0.25) is 0 Å². The SMILES string of the molecule is CONC(=O)Nc1ccc(N2NC3C(=C2CN(C)C)C(=O)N(c2cccc(OC)c2F)C(=O)N3Cc2c(F)cccc2C(F)(F)F)cc1. The van der Waals surface area contributed by atoms with Crippen LogP contribution in [0.1, 0.15) is 11.1 Å². The highest BCUT2D eigenvalue weighted by Gasteiger charge is 2.51. The molecule has 0 saturated carbocycles. The van der Waals surface area contributed by atoms with Crippen molar-refractivity contribution >= 4 is 35.0 Å². The minimum absolute atomic E-state index is 0.0603. The smallest absolute Gasteiger partial charge is 0.416 e. The quantitative estimate of drug-likeness (QED) is 0.219. The van der Waals surface area contributed by atoms with E-state index in [0.717, 1.165) is 23.1 Å². The highest BCUT2D eigenvalue weighted by atomic mass is 19.4. The van der Waals surface area contributed by atoms with Crippen molar-refractivity contribution in [3.05, 3.63) is 94.7 Å². The van der Waals surface area contributed by atoms with Crippen LogP contribution < -0.4 is 30.9 Å². The molecule has 2 aliphatic heterocycles. The molecule has 17 heteroatoms. The van der Waals surface area contributed by atoms with Crippen molar-refractivity contribution in [2.45, 2.75) is 18.9 Å². The van der Waals surface area contributed by atoms with Gasteiger partial charge in [-0.05, 0) is 62.6 Å². The normalized spacial score (nSPS) is 16.5. The molecule has 5 rings (SSSR count). The summed E-state index contributed by atoms with van der Waals surface area (Å²) in [7, 11) is 5.84. The van der Waals surface area contributed by atoms with Crippen molar-refractivity contribution in [1.82, 2.24) is 20.7 Å². The molecule has 0 spiro atoms. The lowest BCUT2D eigenvalue weighted by Gasteiger charge is -2.40. The lowest BCUT2D eigenvalue weighted by Crippen LogP contribution is -2.62. The molecule has 1 fully saturated rings. The van der Waals surface area contributed by atoms with E-state index in [4.69, 9.17) is 4.74 Å². The van der Waals surface area contributed by atoms with Crippen LogP contribution in [0, 0.1) is 11.6 Å². The van der Waals surface area contributed by atoms with Crippen LogP contribution in [0.25, 0.3) is 0 Å². The number of carbonyl (C=O) groups excluding carboxylic acids is 3. The van der Waals surface area contributed by atoms with E-state index in [-0.39, 0.29) is 23.6 Å². The second-order valence-corrected chi connectivity index (χ2v) is 10.9. The topological polar surface area (TPSA) is 119 Å². The minimum atomic E-state index is -4.98. The van der Waals surface area contributed by atoms with Gasteiger partial charge in [0.1, 0.15) is 12.0 Å². The fraction of sp³-hybridized carbons (Fsp3) is 0.258. The summed E-state index contributed by atoms with van der Waals surface area (Å²) < 4.78 is 78.0. The van der Waals surface area contributed by atoms with Crippen LogP contribution in [0.15, 0.2) is 71.9 Å². The molecular formula is C31H30F5N7O5. The molecular weight excluding hydrogens is 645 g/mol. The Kier molecular flexibility index (Phi) is 9.56. The molecule has 3 N–H and O–H groups in total.